The van der Waals surface area contributed by atoms with Crippen LogP contribution in [0.2, 0.25) is 0 Å². The van der Waals surface area contributed by atoms with Crippen LogP contribution in [0.25, 0.3) is 0 Å². The zero-order valence-corrected chi connectivity index (χ0v) is 21.3. The average molecular weight is 474 g/mol. The van der Waals surface area contributed by atoms with Crippen molar-refractivity contribution in [3.8, 4) is 5.75 Å². The van der Waals surface area contributed by atoms with Crippen LogP contribution in [0.4, 0.5) is 4.79 Å². The molecule has 2 unspecified atom stereocenters. The van der Waals surface area contributed by atoms with Crippen molar-refractivity contribution in [2.45, 2.75) is 76.7 Å². The van der Waals surface area contributed by atoms with Crippen LogP contribution in [0.15, 0.2) is 53.6 Å². The lowest BCUT2D eigenvalue weighted by atomic mass is 9.45. The number of aryl methyl sites for hydroxylation is 1. The fourth-order valence-electron chi connectivity index (χ4n) is 7.15. The minimum atomic E-state index is -0.198. The first-order chi connectivity index (χ1) is 16.8. The normalized spacial score (nSPS) is 29.0. The molecule has 0 aliphatic heterocycles. The van der Waals surface area contributed by atoms with Crippen LogP contribution >= 0.6 is 0 Å². The smallest absolute Gasteiger partial charge is 0.335 e. The van der Waals surface area contributed by atoms with E-state index in [9.17, 15) is 4.79 Å². The van der Waals surface area contributed by atoms with E-state index in [0.29, 0.717) is 17.8 Å². The van der Waals surface area contributed by atoms with E-state index in [1.807, 2.05) is 24.3 Å². The Bertz CT molecular complexity index is 1040. The molecule has 2 aromatic carbocycles. The van der Waals surface area contributed by atoms with E-state index in [2.05, 4.69) is 60.9 Å². The second kappa shape index (κ2) is 9.67. The number of rotatable bonds is 8. The van der Waals surface area contributed by atoms with Crippen LogP contribution in [0, 0.1) is 24.7 Å². The summed E-state index contributed by atoms with van der Waals surface area (Å²) < 4.78 is 5.77. The third kappa shape index (κ3) is 5.39. The molecule has 0 aromatic heterocycles. The number of nitrogens with one attached hydrogen (secondary N) is 2. The summed E-state index contributed by atoms with van der Waals surface area (Å²) in [5.41, 5.74) is 6.48. The van der Waals surface area contributed by atoms with Gasteiger partial charge in [0.05, 0.1) is 12.8 Å². The lowest BCUT2D eigenvalue weighted by Crippen LogP contribution is -2.65. The highest BCUT2D eigenvalue weighted by molar-refractivity contribution is 5.82. The standard InChI is InChI=1S/C30H39N3O2/c1-21(2)12-13-35-27-10-6-23(7-11-27)19-31-33-28(34)32-30-17-24-14-25(18-30)16-29(15-24,20-30)26-8-4-22(3)5-9-26/h4-11,19,21,24-25H,12-18,20H2,1-3H3,(H2,32,33,34). The lowest BCUT2D eigenvalue weighted by Gasteiger charge is -2.62. The SMILES string of the molecule is Cc1ccc(C23CC4CC(CC(NC(=O)NN=Cc5ccc(OCCC(C)C)cc5)(C4)C2)C3)cc1. The van der Waals surface area contributed by atoms with Crippen molar-refractivity contribution in [3.05, 3.63) is 65.2 Å². The van der Waals surface area contributed by atoms with Gasteiger partial charge in [0.15, 0.2) is 0 Å². The summed E-state index contributed by atoms with van der Waals surface area (Å²) in [5.74, 6) is 2.88. The Balaban J connectivity index is 1.18. The summed E-state index contributed by atoms with van der Waals surface area (Å²) in [6.07, 6.45) is 9.76. The maximum Gasteiger partial charge on any atom is 0.335 e. The topological polar surface area (TPSA) is 62.7 Å². The molecule has 0 spiro atoms. The minimum absolute atomic E-state index is 0.121. The molecule has 2 N–H and O–H groups in total. The molecule has 5 heteroatoms. The van der Waals surface area contributed by atoms with Gasteiger partial charge >= 0.3 is 6.03 Å². The Labute approximate surface area is 209 Å². The van der Waals surface area contributed by atoms with Crippen LogP contribution in [0.1, 0.15) is 75.5 Å². The molecule has 4 aliphatic rings. The van der Waals surface area contributed by atoms with E-state index < -0.39 is 0 Å². The van der Waals surface area contributed by atoms with Gasteiger partial charge in [0, 0.05) is 5.54 Å². The van der Waals surface area contributed by atoms with Crippen molar-refractivity contribution >= 4 is 12.2 Å². The Kier molecular flexibility index (Phi) is 6.61. The van der Waals surface area contributed by atoms with Gasteiger partial charge in [-0.15, -0.1) is 0 Å². The summed E-state index contributed by atoms with van der Waals surface area (Å²) in [6, 6.07) is 16.7. The molecule has 0 heterocycles. The van der Waals surface area contributed by atoms with Crippen LogP contribution in [-0.4, -0.2) is 24.4 Å². The molecule has 4 saturated carbocycles. The molecule has 186 valence electrons. The number of nitrogens with zero attached hydrogens (tertiary/aromatic N) is 1. The molecule has 4 fully saturated rings. The first-order valence-corrected chi connectivity index (χ1v) is 13.2. The molecular weight excluding hydrogens is 434 g/mol. The molecule has 2 atom stereocenters. The number of hydrazone groups is 1. The number of amides is 2. The van der Waals surface area contributed by atoms with Crippen molar-refractivity contribution in [3.63, 3.8) is 0 Å². The molecule has 4 aliphatic carbocycles. The average Bonchev–Trinajstić information content (AvgIpc) is 2.79. The first-order valence-electron chi connectivity index (χ1n) is 13.2. The summed E-state index contributed by atoms with van der Waals surface area (Å²) in [4.78, 5) is 12.9. The molecule has 2 amide bonds. The summed E-state index contributed by atoms with van der Waals surface area (Å²) in [5, 5.41) is 7.59. The molecule has 2 aromatic rings. The Morgan fingerprint density at radius 2 is 1.74 bits per heavy atom. The Morgan fingerprint density at radius 3 is 2.40 bits per heavy atom. The second-order valence-electron chi connectivity index (χ2n) is 11.8. The number of ether oxygens (including phenoxy) is 1. The largest absolute Gasteiger partial charge is 0.494 e. The molecule has 0 radical (unpaired) electrons. The number of hydrogen-bond acceptors (Lipinski definition) is 3. The number of carbonyl (C=O) groups is 1. The van der Waals surface area contributed by atoms with Crippen LogP contribution in [0.3, 0.4) is 0 Å². The Morgan fingerprint density at radius 1 is 1.06 bits per heavy atom. The van der Waals surface area contributed by atoms with Gasteiger partial charge in [-0.3, -0.25) is 0 Å². The maximum absolute atomic E-state index is 12.9. The fourth-order valence-corrected chi connectivity index (χ4v) is 7.15. The van der Waals surface area contributed by atoms with Gasteiger partial charge in [-0.2, -0.15) is 5.10 Å². The molecular formula is C30H39N3O2. The number of carbonyl (C=O) groups excluding carboxylic acids is 1. The van der Waals surface area contributed by atoms with E-state index in [-0.39, 0.29) is 17.0 Å². The number of benzene rings is 2. The van der Waals surface area contributed by atoms with E-state index >= 15 is 0 Å². The van der Waals surface area contributed by atoms with E-state index in [0.717, 1.165) is 43.6 Å². The van der Waals surface area contributed by atoms with E-state index in [1.54, 1.807) is 6.21 Å². The summed E-state index contributed by atoms with van der Waals surface area (Å²) in [7, 11) is 0. The summed E-state index contributed by atoms with van der Waals surface area (Å²) >= 11 is 0. The predicted octanol–water partition coefficient (Wildman–Crippen LogP) is 6.34. The molecule has 5 nitrogen and oxygen atoms in total. The van der Waals surface area contributed by atoms with Crippen LogP contribution in [0.5, 0.6) is 5.75 Å². The highest BCUT2D eigenvalue weighted by Gasteiger charge is 2.58. The van der Waals surface area contributed by atoms with E-state index in [4.69, 9.17) is 4.74 Å². The highest BCUT2D eigenvalue weighted by Crippen LogP contribution is 2.62. The Hall–Kier alpha value is -2.82. The maximum atomic E-state index is 12.9. The third-order valence-electron chi connectivity index (χ3n) is 8.33. The van der Waals surface area contributed by atoms with Crippen molar-refractivity contribution in [1.82, 2.24) is 10.7 Å². The molecule has 0 saturated heterocycles. The van der Waals surface area contributed by atoms with Crippen molar-refractivity contribution in [1.29, 1.82) is 0 Å². The highest BCUT2D eigenvalue weighted by atomic mass is 16.5. The van der Waals surface area contributed by atoms with Gasteiger partial charge in [0.2, 0.25) is 0 Å². The zero-order chi connectivity index (χ0) is 24.5. The van der Waals surface area contributed by atoms with Gasteiger partial charge in [-0.1, -0.05) is 43.7 Å². The van der Waals surface area contributed by atoms with E-state index in [1.165, 1.54) is 30.4 Å². The minimum Gasteiger partial charge on any atom is -0.494 e. The third-order valence-corrected chi connectivity index (χ3v) is 8.33. The monoisotopic (exact) mass is 473 g/mol. The fraction of sp³-hybridized carbons (Fsp3) is 0.533. The van der Waals surface area contributed by atoms with Gasteiger partial charge < -0.3 is 10.1 Å². The second-order valence-corrected chi connectivity index (χ2v) is 11.8. The van der Waals surface area contributed by atoms with Gasteiger partial charge in [0.25, 0.3) is 0 Å². The van der Waals surface area contributed by atoms with Crippen LogP contribution in [-0.2, 0) is 5.41 Å². The van der Waals surface area contributed by atoms with Crippen LogP contribution < -0.4 is 15.5 Å². The number of urea groups is 1. The summed E-state index contributed by atoms with van der Waals surface area (Å²) in [6.45, 7) is 7.25. The molecule has 35 heavy (non-hydrogen) atoms. The first kappa shape index (κ1) is 23.9. The van der Waals surface area contributed by atoms with Gasteiger partial charge in [-0.25, -0.2) is 10.2 Å². The molecule has 4 bridgehead atoms. The predicted molar refractivity (Wildman–Crippen MR) is 141 cm³/mol. The van der Waals surface area contributed by atoms with Crippen molar-refractivity contribution in [2.24, 2.45) is 22.9 Å². The van der Waals surface area contributed by atoms with Gasteiger partial charge in [0.1, 0.15) is 5.75 Å². The molecule has 6 rings (SSSR count). The zero-order valence-electron chi connectivity index (χ0n) is 21.3. The van der Waals surface area contributed by atoms with Gasteiger partial charge in [-0.05, 0) is 110 Å². The quantitative estimate of drug-likeness (QED) is 0.347. The van der Waals surface area contributed by atoms with Crippen molar-refractivity contribution in [2.75, 3.05) is 6.61 Å². The number of hydrogen-bond donors (Lipinski definition) is 2. The van der Waals surface area contributed by atoms with Crippen molar-refractivity contribution < 1.29 is 9.53 Å². The lowest BCUT2D eigenvalue weighted by molar-refractivity contribution is -0.0349.